The third-order valence-corrected chi connectivity index (χ3v) is 3.15. The molecule has 0 spiro atoms. The summed E-state index contributed by atoms with van der Waals surface area (Å²) in [5.41, 5.74) is 0.788. The Balaban J connectivity index is 2.62. The first-order chi connectivity index (χ1) is 7.30. The fourth-order valence-corrected chi connectivity index (χ4v) is 1.64. The van der Waals surface area contributed by atoms with Gasteiger partial charge in [0.2, 0.25) is 0 Å². The van der Waals surface area contributed by atoms with Gasteiger partial charge in [-0.05, 0) is 30.7 Å². The lowest BCUT2D eigenvalue weighted by Crippen LogP contribution is -2.28. The molecule has 0 N–H and O–H groups in total. The minimum atomic E-state index is -4.29. The molecular formula is C10H9Br2F3O. The Morgan fingerprint density at radius 1 is 1.38 bits per heavy atom. The quantitative estimate of drug-likeness (QED) is 0.722. The van der Waals surface area contributed by atoms with Gasteiger partial charge in [-0.1, -0.05) is 31.9 Å². The van der Waals surface area contributed by atoms with E-state index in [-0.39, 0.29) is 0 Å². The molecule has 1 nitrogen and oxygen atoms in total. The van der Waals surface area contributed by atoms with E-state index in [1.807, 2.05) is 0 Å². The smallest absolute Gasteiger partial charge is 0.404 e. The number of halogens is 5. The van der Waals surface area contributed by atoms with Crippen LogP contribution in [0.3, 0.4) is 0 Å². The Labute approximate surface area is 108 Å². The fraction of sp³-hybridized carbons (Fsp3) is 0.400. The van der Waals surface area contributed by atoms with Crippen molar-refractivity contribution in [2.45, 2.75) is 17.9 Å². The Bertz CT molecular complexity index is 366. The number of ether oxygens (including phenoxy) is 1. The van der Waals surface area contributed by atoms with Gasteiger partial charge in [0.15, 0.2) is 0 Å². The maximum atomic E-state index is 12.2. The molecular weight excluding hydrogens is 353 g/mol. The highest BCUT2D eigenvalue weighted by Gasteiger charge is 2.38. The molecule has 0 aliphatic rings. The molecule has 0 amide bonds. The first-order valence-corrected chi connectivity index (χ1v) is 6.11. The zero-order chi connectivity index (χ0) is 12.3. The van der Waals surface area contributed by atoms with E-state index in [9.17, 15) is 13.2 Å². The number of rotatable bonds is 3. The van der Waals surface area contributed by atoms with Crippen molar-refractivity contribution in [3.63, 3.8) is 0 Å². The molecule has 0 aliphatic carbocycles. The molecule has 1 aromatic rings. The van der Waals surface area contributed by atoms with E-state index in [1.54, 1.807) is 25.1 Å². The minimum Gasteiger partial charge on any atom is -0.492 e. The summed E-state index contributed by atoms with van der Waals surface area (Å²) in [5, 5.41) is 0. The van der Waals surface area contributed by atoms with Crippen molar-refractivity contribution in [3.05, 3.63) is 28.2 Å². The van der Waals surface area contributed by atoms with Crippen LogP contribution in [0.2, 0.25) is 0 Å². The van der Waals surface area contributed by atoms with Crippen LogP contribution in [0.1, 0.15) is 5.56 Å². The predicted molar refractivity (Wildman–Crippen MR) is 63.1 cm³/mol. The molecule has 90 valence electrons. The third kappa shape index (κ3) is 3.97. The predicted octanol–water partition coefficient (Wildman–Crippen LogP) is 4.46. The van der Waals surface area contributed by atoms with Crippen LogP contribution in [-0.2, 0) is 0 Å². The molecule has 0 radical (unpaired) electrons. The number of hydrogen-bond acceptors (Lipinski definition) is 1. The van der Waals surface area contributed by atoms with Crippen LogP contribution < -0.4 is 4.74 Å². The Kier molecular flexibility index (Phi) is 4.67. The lowest BCUT2D eigenvalue weighted by atomic mass is 10.2. The minimum absolute atomic E-state index is 0.439. The van der Waals surface area contributed by atoms with E-state index >= 15 is 0 Å². The van der Waals surface area contributed by atoms with E-state index in [0.29, 0.717) is 5.75 Å². The van der Waals surface area contributed by atoms with E-state index in [2.05, 4.69) is 31.9 Å². The van der Waals surface area contributed by atoms with Crippen LogP contribution in [-0.4, -0.2) is 17.6 Å². The second kappa shape index (κ2) is 5.40. The van der Waals surface area contributed by atoms with Gasteiger partial charge in [-0.3, -0.25) is 0 Å². The lowest BCUT2D eigenvalue weighted by Gasteiger charge is -2.15. The second-order valence-electron chi connectivity index (χ2n) is 3.23. The molecule has 0 fully saturated rings. The molecule has 6 heteroatoms. The molecule has 0 saturated carbocycles. The average Bonchev–Trinajstić information content (AvgIpc) is 2.14. The van der Waals surface area contributed by atoms with Gasteiger partial charge >= 0.3 is 6.18 Å². The number of benzene rings is 1. The first-order valence-electron chi connectivity index (χ1n) is 4.40. The van der Waals surface area contributed by atoms with Crippen molar-refractivity contribution >= 4 is 31.9 Å². The van der Waals surface area contributed by atoms with Crippen molar-refractivity contribution in [1.82, 2.24) is 0 Å². The highest BCUT2D eigenvalue weighted by Crippen LogP contribution is 2.28. The SMILES string of the molecule is Cc1cc(Br)ccc1OCC(Br)C(F)(F)F. The Hall–Kier alpha value is -0.230. The zero-order valence-corrected chi connectivity index (χ0v) is 11.5. The monoisotopic (exact) mass is 360 g/mol. The molecule has 0 heterocycles. The lowest BCUT2D eigenvalue weighted by molar-refractivity contribution is -0.132. The molecule has 1 aromatic carbocycles. The molecule has 1 unspecified atom stereocenters. The number of hydrogen-bond donors (Lipinski definition) is 0. The highest BCUT2D eigenvalue weighted by atomic mass is 79.9. The Morgan fingerprint density at radius 3 is 2.50 bits per heavy atom. The fourth-order valence-electron chi connectivity index (χ4n) is 1.03. The van der Waals surface area contributed by atoms with Gasteiger partial charge in [-0.25, -0.2) is 0 Å². The summed E-state index contributed by atoms with van der Waals surface area (Å²) in [7, 11) is 0. The largest absolute Gasteiger partial charge is 0.492 e. The molecule has 1 rings (SSSR count). The first kappa shape index (κ1) is 13.8. The van der Waals surface area contributed by atoms with Crippen molar-refractivity contribution < 1.29 is 17.9 Å². The number of aryl methyl sites for hydroxylation is 1. The average molecular weight is 362 g/mol. The van der Waals surface area contributed by atoms with Gasteiger partial charge in [0.05, 0.1) is 0 Å². The summed E-state index contributed by atoms with van der Waals surface area (Å²) in [4.78, 5) is -1.65. The summed E-state index contributed by atoms with van der Waals surface area (Å²) in [6.45, 7) is 1.34. The van der Waals surface area contributed by atoms with E-state index < -0.39 is 17.6 Å². The van der Waals surface area contributed by atoms with Crippen LogP contribution in [0.5, 0.6) is 5.75 Å². The van der Waals surface area contributed by atoms with Gasteiger partial charge in [0.1, 0.15) is 17.2 Å². The van der Waals surface area contributed by atoms with Gasteiger partial charge in [0.25, 0.3) is 0 Å². The number of alkyl halides is 4. The maximum absolute atomic E-state index is 12.2. The van der Waals surface area contributed by atoms with Gasteiger partial charge in [-0.2, -0.15) is 13.2 Å². The summed E-state index contributed by atoms with van der Waals surface area (Å²) in [6.07, 6.45) is -4.29. The summed E-state index contributed by atoms with van der Waals surface area (Å²) >= 11 is 5.80. The van der Waals surface area contributed by atoms with E-state index in [1.165, 1.54) is 0 Å². The van der Waals surface area contributed by atoms with Gasteiger partial charge in [0, 0.05) is 4.47 Å². The molecule has 0 saturated heterocycles. The summed E-state index contributed by atoms with van der Waals surface area (Å²) in [5.74, 6) is 0.455. The van der Waals surface area contributed by atoms with Crippen LogP contribution in [0.4, 0.5) is 13.2 Å². The van der Waals surface area contributed by atoms with Crippen molar-refractivity contribution in [2.24, 2.45) is 0 Å². The van der Waals surface area contributed by atoms with Crippen LogP contribution in [0.15, 0.2) is 22.7 Å². The maximum Gasteiger partial charge on any atom is 0.404 e. The topological polar surface area (TPSA) is 9.23 Å². The molecule has 1 atom stereocenters. The molecule has 0 aromatic heterocycles. The molecule has 0 aliphatic heterocycles. The normalized spacial score (nSPS) is 13.6. The van der Waals surface area contributed by atoms with Crippen LogP contribution in [0.25, 0.3) is 0 Å². The van der Waals surface area contributed by atoms with Crippen molar-refractivity contribution in [2.75, 3.05) is 6.61 Å². The molecule has 0 bridgehead atoms. The van der Waals surface area contributed by atoms with Gasteiger partial charge < -0.3 is 4.74 Å². The highest BCUT2D eigenvalue weighted by molar-refractivity contribution is 9.10. The Morgan fingerprint density at radius 2 is 2.00 bits per heavy atom. The van der Waals surface area contributed by atoms with Crippen molar-refractivity contribution in [3.8, 4) is 5.75 Å². The summed E-state index contributed by atoms with van der Waals surface area (Å²) < 4.78 is 42.5. The second-order valence-corrected chi connectivity index (χ2v) is 5.25. The molecule has 16 heavy (non-hydrogen) atoms. The zero-order valence-electron chi connectivity index (χ0n) is 8.31. The van der Waals surface area contributed by atoms with Crippen LogP contribution in [0, 0.1) is 6.92 Å². The summed E-state index contributed by atoms with van der Waals surface area (Å²) in [6, 6.07) is 5.14. The van der Waals surface area contributed by atoms with E-state index in [4.69, 9.17) is 4.74 Å². The van der Waals surface area contributed by atoms with E-state index in [0.717, 1.165) is 10.0 Å². The van der Waals surface area contributed by atoms with Crippen molar-refractivity contribution in [1.29, 1.82) is 0 Å². The third-order valence-electron chi connectivity index (χ3n) is 1.88. The van der Waals surface area contributed by atoms with Crippen LogP contribution >= 0.6 is 31.9 Å². The van der Waals surface area contributed by atoms with Gasteiger partial charge in [-0.15, -0.1) is 0 Å². The standard InChI is InChI=1S/C10H9Br2F3O/c1-6-4-7(11)2-3-8(6)16-5-9(12)10(13,14)15/h2-4,9H,5H2,1H3.